The standard InChI is InChI=1S/C42H62FN6O6P/c1-2-3-4-5-6-7-8-9-10-11-12-13-14-15-16-17-18-19-20-37(52-29-35-25-34(28-44)26-36(43)27-35)30-53-56(50,51)54-32-42(31-45)24-23-40(55-42)38-21-22-39-41(46)47-33-48-49(38)39/h21-22,25-27,33,37,40H,2-20,23-24,29-30,32H2,1H3,(H,50,51)(H2,46,47,48)/t37-,40+,42+/m0/s1. The molecule has 0 amide bonds. The van der Waals surface area contributed by atoms with Gasteiger partial charge < -0.3 is 20.1 Å². The third-order valence-corrected chi connectivity index (χ3v) is 11.5. The topological polar surface area (TPSA) is 178 Å². The minimum Gasteiger partial charge on any atom is -0.382 e. The summed E-state index contributed by atoms with van der Waals surface area (Å²) >= 11 is 0. The Kier molecular flexibility index (Phi) is 19.7. The number of fused-ring (bicyclic) bond motifs is 1. The van der Waals surface area contributed by atoms with E-state index in [1.165, 1.54) is 102 Å². The lowest BCUT2D eigenvalue weighted by Gasteiger charge is -2.24. The van der Waals surface area contributed by atoms with Crippen molar-refractivity contribution in [2.45, 2.75) is 166 Å². The number of nitriles is 2. The quantitative estimate of drug-likeness (QED) is 0.0504. The smallest absolute Gasteiger partial charge is 0.382 e. The second kappa shape index (κ2) is 24.4. The van der Waals surface area contributed by atoms with E-state index in [1.807, 2.05) is 6.07 Å². The van der Waals surface area contributed by atoms with Crippen LogP contribution in [-0.4, -0.2) is 44.4 Å². The second-order valence-corrected chi connectivity index (χ2v) is 16.6. The summed E-state index contributed by atoms with van der Waals surface area (Å²) in [4.78, 5) is 14.6. The Morgan fingerprint density at radius 1 is 0.964 bits per heavy atom. The van der Waals surface area contributed by atoms with Crippen LogP contribution in [0.15, 0.2) is 36.7 Å². The highest BCUT2D eigenvalue weighted by Crippen LogP contribution is 2.47. The van der Waals surface area contributed by atoms with Gasteiger partial charge in [0.25, 0.3) is 0 Å². The van der Waals surface area contributed by atoms with Crippen LogP contribution in [0.4, 0.5) is 10.2 Å². The van der Waals surface area contributed by atoms with Gasteiger partial charge in [-0.25, -0.2) is 18.5 Å². The molecule has 0 spiro atoms. The first kappa shape index (κ1) is 45.3. The molecule has 4 rings (SSSR count). The number of nitrogens with zero attached hydrogens (tertiary/aromatic N) is 5. The van der Waals surface area contributed by atoms with Crippen molar-refractivity contribution in [2.24, 2.45) is 0 Å². The molecule has 1 fully saturated rings. The van der Waals surface area contributed by atoms with E-state index in [0.717, 1.165) is 31.7 Å². The zero-order chi connectivity index (χ0) is 40.1. The maximum absolute atomic E-state index is 14.1. The van der Waals surface area contributed by atoms with Crippen LogP contribution in [0.25, 0.3) is 5.52 Å². The van der Waals surface area contributed by atoms with Crippen molar-refractivity contribution in [3.05, 3.63) is 59.3 Å². The van der Waals surface area contributed by atoms with Gasteiger partial charge in [0.1, 0.15) is 36.4 Å². The van der Waals surface area contributed by atoms with Crippen molar-refractivity contribution in [1.82, 2.24) is 14.6 Å². The number of nitrogen functional groups attached to an aromatic ring is 1. The first-order chi connectivity index (χ1) is 27.2. The van der Waals surface area contributed by atoms with E-state index in [4.69, 9.17) is 24.3 Å². The highest BCUT2D eigenvalue weighted by atomic mass is 31.2. The van der Waals surface area contributed by atoms with Crippen molar-refractivity contribution in [3.8, 4) is 12.1 Å². The van der Waals surface area contributed by atoms with E-state index in [1.54, 1.807) is 22.7 Å². The monoisotopic (exact) mass is 796 g/mol. The number of aromatic nitrogens is 3. The molecule has 1 aliphatic rings. The van der Waals surface area contributed by atoms with Crippen LogP contribution < -0.4 is 5.73 Å². The minimum absolute atomic E-state index is 0.00609. The minimum atomic E-state index is -4.63. The fourth-order valence-corrected chi connectivity index (χ4v) is 8.10. The molecule has 4 atom stereocenters. The third-order valence-electron chi connectivity index (χ3n) is 10.6. The Hall–Kier alpha value is -3.42. The molecule has 1 aliphatic heterocycles. The molecule has 14 heteroatoms. The van der Waals surface area contributed by atoms with Crippen molar-refractivity contribution in [1.29, 1.82) is 10.5 Å². The first-order valence-electron chi connectivity index (χ1n) is 20.8. The summed E-state index contributed by atoms with van der Waals surface area (Å²) in [5.74, 6) is -0.236. The maximum Gasteiger partial charge on any atom is 0.472 e. The third kappa shape index (κ3) is 15.5. The Morgan fingerprint density at radius 3 is 2.20 bits per heavy atom. The average molecular weight is 797 g/mol. The number of halogens is 1. The number of benzene rings is 1. The highest BCUT2D eigenvalue weighted by Gasteiger charge is 2.44. The van der Waals surface area contributed by atoms with Gasteiger partial charge in [-0.1, -0.05) is 122 Å². The molecule has 3 heterocycles. The van der Waals surface area contributed by atoms with Crippen LogP contribution in [-0.2, 0) is 29.7 Å². The molecular weight excluding hydrogens is 734 g/mol. The highest BCUT2D eigenvalue weighted by molar-refractivity contribution is 7.47. The molecule has 2 aromatic heterocycles. The van der Waals surface area contributed by atoms with Crippen molar-refractivity contribution in [3.63, 3.8) is 0 Å². The molecule has 1 unspecified atom stereocenters. The first-order valence-corrected chi connectivity index (χ1v) is 22.3. The maximum atomic E-state index is 14.1. The predicted octanol–water partition coefficient (Wildman–Crippen LogP) is 10.6. The van der Waals surface area contributed by atoms with Crippen LogP contribution in [0.1, 0.15) is 165 Å². The lowest BCUT2D eigenvalue weighted by Crippen LogP contribution is -2.32. The van der Waals surface area contributed by atoms with E-state index >= 15 is 0 Å². The van der Waals surface area contributed by atoms with E-state index in [-0.39, 0.29) is 25.2 Å². The number of nitrogens with two attached hydrogens (primary N) is 1. The molecule has 1 saturated heterocycles. The van der Waals surface area contributed by atoms with Crippen LogP contribution in [0.3, 0.4) is 0 Å². The molecule has 0 aliphatic carbocycles. The normalized spacial score (nSPS) is 18.5. The summed E-state index contributed by atoms with van der Waals surface area (Å²) in [6.45, 7) is 1.51. The largest absolute Gasteiger partial charge is 0.472 e. The fraction of sp³-hybridized carbons (Fsp3) is 0.667. The van der Waals surface area contributed by atoms with Crippen molar-refractivity contribution in [2.75, 3.05) is 18.9 Å². The molecule has 56 heavy (non-hydrogen) atoms. The molecule has 3 aromatic rings. The average Bonchev–Trinajstić information content (AvgIpc) is 3.83. The van der Waals surface area contributed by atoms with E-state index in [2.05, 4.69) is 23.1 Å². The summed E-state index contributed by atoms with van der Waals surface area (Å²) in [5.41, 5.74) is 6.41. The molecule has 0 radical (unpaired) electrons. The molecule has 0 bridgehead atoms. The molecule has 308 valence electrons. The molecular formula is C42H62FN6O6P. The summed E-state index contributed by atoms with van der Waals surface area (Å²) in [7, 11) is -4.63. The van der Waals surface area contributed by atoms with Gasteiger partial charge in [0.15, 0.2) is 11.4 Å². The second-order valence-electron chi connectivity index (χ2n) is 15.2. The lowest BCUT2D eigenvalue weighted by molar-refractivity contribution is -0.0449. The number of unbranched alkanes of at least 4 members (excludes halogenated alkanes) is 17. The molecule has 12 nitrogen and oxygen atoms in total. The van der Waals surface area contributed by atoms with Crippen LogP contribution in [0.2, 0.25) is 0 Å². The molecule has 3 N–H and O–H groups in total. The predicted molar refractivity (Wildman–Crippen MR) is 214 cm³/mol. The summed E-state index contributed by atoms with van der Waals surface area (Å²) < 4.78 is 51.6. The van der Waals surface area contributed by atoms with Crippen LogP contribution in [0.5, 0.6) is 0 Å². The molecule has 0 saturated carbocycles. The van der Waals surface area contributed by atoms with Gasteiger partial charge in [0, 0.05) is 0 Å². The number of phosphoric acid groups is 1. The van der Waals surface area contributed by atoms with Gasteiger partial charge >= 0.3 is 7.82 Å². The summed E-state index contributed by atoms with van der Waals surface area (Å²) in [5, 5.41) is 23.5. The van der Waals surface area contributed by atoms with Gasteiger partial charge in [-0.3, -0.25) is 9.05 Å². The van der Waals surface area contributed by atoms with E-state index < -0.39 is 38.1 Å². The van der Waals surface area contributed by atoms with E-state index in [9.17, 15) is 24.4 Å². The van der Waals surface area contributed by atoms with E-state index in [0.29, 0.717) is 35.4 Å². The van der Waals surface area contributed by atoms with Gasteiger partial charge in [0.05, 0.1) is 36.6 Å². The zero-order valence-electron chi connectivity index (χ0n) is 33.2. The number of phosphoric ester groups is 1. The number of ether oxygens (including phenoxy) is 2. The fourth-order valence-electron chi connectivity index (χ4n) is 7.30. The number of hydrogen-bond acceptors (Lipinski definition) is 10. The van der Waals surface area contributed by atoms with Gasteiger partial charge in [-0.15, -0.1) is 0 Å². The van der Waals surface area contributed by atoms with Gasteiger partial charge in [-0.05, 0) is 55.2 Å². The lowest BCUT2D eigenvalue weighted by atomic mass is 10.0. The number of hydrogen-bond donors (Lipinski definition) is 2. The zero-order valence-corrected chi connectivity index (χ0v) is 34.1. The number of rotatable bonds is 29. The van der Waals surface area contributed by atoms with Crippen LogP contribution >= 0.6 is 7.82 Å². The Morgan fingerprint density at radius 2 is 1.59 bits per heavy atom. The van der Waals surface area contributed by atoms with Gasteiger partial charge in [-0.2, -0.15) is 15.6 Å². The number of anilines is 1. The molecule has 1 aromatic carbocycles. The van der Waals surface area contributed by atoms with Crippen molar-refractivity contribution >= 4 is 19.2 Å². The van der Waals surface area contributed by atoms with Crippen molar-refractivity contribution < 1.29 is 32.4 Å². The van der Waals surface area contributed by atoms with Crippen LogP contribution in [0, 0.1) is 28.5 Å². The Labute approximate surface area is 332 Å². The Balaban J connectivity index is 1.17. The Bertz CT molecular complexity index is 1750. The summed E-state index contributed by atoms with van der Waals surface area (Å²) in [6.07, 6.45) is 24.3. The van der Waals surface area contributed by atoms with Gasteiger partial charge in [0.2, 0.25) is 0 Å². The SMILES string of the molecule is CCCCCCCCCCCCCCCCCCCC[C@@H](COP(=O)(O)OC[C@]1(C#N)CC[C@H](c2ccc3c(N)ncnn23)O1)OCc1cc(F)cc(C#N)c1. The summed E-state index contributed by atoms with van der Waals surface area (Å²) in [6, 6.07) is 11.6.